The summed E-state index contributed by atoms with van der Waals surface area (Å²) in [5.74, 6) is -0.143. The highest BCUT2D eigenvalue weighted by atomic mass is 35.5. The summed E-state index contributed by atoms with van der Waals surface area (Å²) in [7, 11) is 1.32. The number of ether oxygens (including phenoxy) is 2. The molecule has 7 heteroatoms. The summed E-state index contributed by atoms with van der Waals surface area (Å²) in [4.78, 5) is 26.2. The molecule has 3 aromatic carbocycles. The number of carbonyl (C=O) groups is 2. The first-order valence-corrected chi connectivity index (χ1v) is 12.8. The van der Waals surface area contributed by atoms with E-state index in [2.05, 4.69) is 24.4 Å². The van der Waals surface area contributed by atoms with Crippen molar-refractivity contribution in [2.45, 2.75) is 20.5 Å². The molecule has 0 atom stereocenters. The molecule has 4 rings (SSSR count). The molecule has 1 aromatic heterocycles. The van der Waals surface area contributed by atoms with Gasteiger partial charge in [-0.15, -0.1) is 11.3 Å². The van der Waals surface area contributed by atoms with E-state index in [1.807, 2.05) is 55.5 Å². The third kappa shape index (κ3) is 6.67. The molecule has 0 aliphatic rings. The average molecular weight is 532 g/mol. The number of carbonyl (C=O) groups excluding carboxylic acids is 2. The Morgan fingerprint density at radius 2 is 1.73 bits per heavy atom. The van der Waals surface area contributed by atoms with Crippen LogP contribution in [-0.2, 0) is 16.1 Å². The van der Waals surface area contributed by atoms with Crippen LogP contribution in [0.5, 0.6) is 5.75 Å². The standard InChI is InChI=1S/C30H26ClNO4S/c1-19-7-9-22(10-8-19)18-36-25-14-11-21(12-15-25)13-16-26(33)32-29-28(30(34)35-3)27(20(2)37-29)23-5-4-6-24(31)17-23/h4-17H,18H2,1-3H3,(H,32,33)/b16-13+. The summed E-state index contributed by atoms with van der Waals surface area (Å²) in [6, 6.07) is 22.9. The molecule has 1 amide bonds. The second kappa shape index (κ2) is 11.9. The van der Waals surface area contributed by atoms with Crippen LogP contribution in [0.15, 0.2) is 78.9 Å². The maximum Gasteiger partial charge on any atom is 0.341 e. The number of benzene rings is 3. The molecule has 37 heavy (non-hydrogen) atoms. The zero-order chi connectivity index (χ0) is 26.4. The molecule has 0 saturated heterocycles. The maximum absolute atomic E-state index is 12.7. The fourth-order valence-electron chi connectivity index (χ4n) is 3.77. The van der Waals surface area contributed by atoms with E-state index in [-0.39, 0.29) is 5.91 Å². The molecule has 188 valence electrons. The first kappa shape index (κ1) is 26.2. The molecule has 0 fully saturated rings. The smallest absolute Gasteiger partial charge is 0.341 e. The normalized spacial score (nSPS) is 10.9. The van der Waals surface area contributed by atoms with Crippen LogP contribution in [0.25, 0.3) is 17.2 Å². The Morgan fingerprint density at radius 3 is 2.41 bits per heavy atom. The van der Waals surface area contributed by atoms with E-state index in [9.17, 15) is 9.59 Å². The number of amides is 1. The minimum Gasteiger partial charge on any atom is -0.489 e. The van der Waals surface area contributed by atoms with Crippen LogP contribution in [0, 0.1) is 13.8 Å². The highest BCUT2D eigenvalue weighted by Gasteiger charge is 2.24. The average Bonchev–Trinajstić information content (AvgIpc) is 3.22. The second-order valence-corrected chi connectivity index (χ2v) is 10.1. The van der Waals surface area contributed by atoms with Crippen molar-refractivity contribution in [3.05, 3.63) is 111 Å². The Morgan fingerprint density at radius 1 is 1.00 bits per heavy atom. The van der Waals surface area contributed by atoms with E-state index in [1.165, 1.54) is 30.1 Å². The van der Waals surface area contributed by atoms with Gasteiger partial charge >= 0.3 is 5.97 Å². The van der Waals surface area contributed by atoms with E-state index in [0.717, 1.165) is 27.3 Å². The zero-order valence-electron chi connectivity index (χ0n) is 20.7. The van der Waals surface area contributed by atoms with Crippen LogP contribution in [0.2, 0.25) is 5.02 Å². The highest BCUT2D eigenvalue weighted by Crippen LogP contribution is 2.41. The third-order valence-electron chi connectivity index (χ3n) is 5.66. The van der Waals surface area contributed by atoms with Crippen molar-refractivity contribution in [3.63, 3.8) is 0 Å². The molecule has 4 aromatic rings. The molecule has 1 heterocycles. The number of rotatable bonds is 8. The Bertz CT molecular complexity index is 1440. The van der Waals surface area contributed by atoms with E-state index < -0.39 is 5.97 Å². The minimum atomic E-state index is -0.528. The lowest BCUT2D eigenvalue weighted by Gasteiger charge is -2.08. The molecule has 0 saturated carbocycles. The molecule has 0 spiro atoms. The molecule has 0 aliphatic heterocycles. The highest BCUT2D eigenvalue weighted by molar-refractivity contribution is 7.17. The maximum atomic E-state index is 12.7. The van der Waals surface area contributed by atoms with Crippen LogP contribution < -0.4 is 10.1 Å². The van der Waals surface area contributed by atoms with E-state index in [0.29, 0.717) is 27.8 Å². The Hall–Kier alpha value is -3.87. The number of nitrogens with one attached hydrogen (secondary N) is 1. The van der Waals surface area contributed by atoms with Crippen molar-refractivity contribution in [1.29, 1.82) is 0 Å². The number of aryl methyl sites for hydroxylation is 2. The van der Waals surface area contributed by atoms with Gasteiger partial charge < -0.3 is 14.8 Å². The first-order valence-electron chi connectivity index (χ1n) is 11.6. The van der Waals surface area contributed by atoms with Gasteiger partial charge in [0.2, 0.25) is 5.91 Å². The molecule has 0 aliphatic carbocycles. The van der Waals surface area contributed by atoms with Crippen LogP contribution in [-0.4, -0.2) is 19.0 Å². The zero-order valence-corrected chi connectivity index (χ0v) is 22.3. The summed E-state index contributed by atoms with van der Waals surface area (Å²) >= 11 is 7.48. The van der Waals surface area contributed by atoms with E-state index >= 15 is 0 Å². The summed E-state index contributed by atoms with van der Waals surface area (Å²) in [6.45, 7) is 4.42. The first-order chi connectivity index (χ1) is 17.8. The Labute approximate surface area is 225 Å². The van der Waals surface area contributed by atoms with Gasteiger partial charge in [0, 0.05) is 21.5 Å². The SMILES string of the molecule is COC(=O)c1c(NC(=O)/C=C/c2ccc(OCc3ccc(C)cc3)cc2)sc(C)c1-c1cccc(Cl)c1. The van der Waals surface area contributed by atoms with Crippen LogP contribution in [0.3, 0.4) is 0 Å². The molecule has 0 unspecified atom stereocenters. The van der Waals surface area contributed by atoms with Crippen molar-refractivity contribution in [2.75, 3.05) is 12.4 Å². The van der Waals surface area contributed by atoms with Crippen molar-refractivity contribution < 1.29 is 19.1 Å². The van der Waals surface area contributed by atoms with Crippen molar-refractivity contribution in [3.8, 4) is 16.9 Å². The summed E-state index contributed by atoms with van der Waals surface area (Å²) in [5, 5.41) is 3.81. The largest absolute Gasteiger partial charge is 0.489 e. The van der Waals surface area contributed by atoms with Gasteiger partial charge in [-0.3, -0.25) is 4.79 Å². The Kier molecular flexibility index (Phi) is 8.43. The molecule has 5 nitrogen and oxygen atoms in total. The fourth-order valence-corrected chi connectivity index (χ4v) is 5.03. The van der Waals surface area contributed by atoms with Gasteiger partial charge in [-0.2, -0.15) is 0 Å². The van der Waals surface area contributed by atoms with E-state index in [1.54, 1.807) is 18.2 Å². The number of thiophene rings is 1. The lowest BCUT2D eigenvalue weighted by atomic mass is 10.0. The number of esters is 1. The van der Waals surface area contributed by atoms with Crippen molar-refractivity contribution in [2.24, 2.45) is 0 Å². The van der Waals surface area contributed by atoms with Crippen LogP contribution >= 0.6 is 22.9 Å². The number of hydrogen-bond donors (Lipinski definition) is 1. The van der Waals surface area contributed by atoms with Crippen LogP contribution in [0.4, 0.5) is 5.00 Å². The van der Waals surface area contributed by atoms with Gasteiger partial charge in [0.25, 0.3) is 0 Å². The van der Waals surface area contributed by atoms with Gasteiger partial charge in [-0.05, 0) is 60.9 Å². The molecule has 1 N–H and O–H groups in total. The lowest BCUT2D eigenvalue weighted by molar-refractivity contribution is -0.111. The van der Waals surface area contributed by atoms with Crippen molar-refractivity contribution >= 4 is 45.9 Å². The monoisotopic (exact) mass is 531 g/mol. The molecule has 0 radical (unpaired) electrons. The predicted molar refractivity (Wildman–Crippen MR) is 150 cm³/mol. The van der Waals surface area contributed by atoms with Gasteiger partial charge in [-0.1, -0.05) is 65.7 Å². The summed E-state index contributed by atoms with van der Waals surface area (Å²) in [5.41, 5.74) is 4.93. The van der Waals surface area contributed by atoms with E-state index in [4.69, 9.17) is 21.1 Å². The number of anilines is 1. The van der Waals surface area contributed by atoms with Crippen LogP contribution in [0.1, 0.15) is 31.9 Å². The van der Waals surface area contributed by atoms with Crippen molar-refractivity contribution in [1.82, 2.24) is 0 Å². The number of methoxy groups -OCH3 is 1. The third-order valence-corrected chi connectivity index (χ3v) is 6.91. The van der Waals surface area contributed by atoms with Gasteiger partial charge in [0.1, 0.15) is 22.9 Å². The van der Waals surface area contributed by atoms with Gasteiger partial charge in [-0.25, -0.2) is 4.79 Å². The topological polar surface area (TPSA) is 64.6 Å². The summed E-state index contributed by atoms with van der Waals surface area (Å²) in [6.07, 6.45) is 3.13. The van der Waals surface area contributed by atoms with Gasteiger partial charge in [0.15, 0.2) is 0 Å². The quantitative estimate of drug-likeness (QED) is 0.187. The fraction of sp³-hybridized carbons (Fsp3) is 0.133. The number of halogens is 1. The molecule has 0 bridgehead atoms. The number of hydrogen-bond acceptors (Lipinski definition) is 5. The lowest BCUT2D eigenvalue weighted by Crippen LogP contribution is -2.11. The van der Waals surface area contributed by atoms with Gasteiger partial charge in [0.05, 0.1) is 7.11 Å². The second-order valence-electron chi connectivity index (χ2n) is 8.41. The predicted octanol–water partition coefficient (Wildman–Crippen LogP) is 7.70. The molecular formula is C30H26ClNO4S. The Balaban J connectivity index is 1.45. The molecular weight excluding hydrogens is 506 g/mol. The minimum absolute atomic E-state index is 0.309. The summed E-state index contributed by atoms with van der Waals surface area (Å²) < 4.78 is 10.9.